The van der Waals surface area contributed by atoms with E-state index in [9.17, 15) is 4.79 Å². The first-order chi connectivity index (χ1) is 7.34. The fourth-order valence-corrected chi connectivity index (χ4v) is 1.50. The highest BCUT2D eigenvalue weighted by Crippen LogP contribution is 2.25. The maximum absolute atomic E-state index is 11.1. The molecule has 0 amide bonds. The standard InChI is InChI=1S/C11H17N3O2/c1-5(2)7-8(11(15)16)13-10(6(3)4)14-9(7)12/h5-6H,1-4H3,(H,15,16)(H2,12,13,14). The first-order valence-electron chi connectivity index (χ1n) is 5.25. The van der Waals surface area contributed by atoms with Crippen LogP contribution in [0.1, 0.15) is 61.4 Å². The summed E-state index contributed by atoms with van der Waals surface area (Å²) >= 11 is 0. The lowest BCUT2D eigenvalue weighted by molar-refractivity contribution is 0.0688. The van der Waals surface area contributed by atoms with E-state index in [1.165, 1.54) is 0 Å². The minimum Gasteiger partial charge on any atom is -0.476 e. The summed E-state index contributed by atoms with van der Waals surface area (Å²) in [5.41, 5.74) is 6.31. The Labute approximate surface area is 94.7 Å². The van der Waals surface area contributed by atoms with E-state index in [0.717, 1.165) is 0 Å². The second kappa shape index (κ2) is 4.47. The predicted molar refractivity (Wildman–Crippen MR) is 61.6 cm³/mol. The van der Waals surface area contributed by atoms with Crippen molar-refractivity contribution in [3.8, 4) is 0 Å². The van der Waals surface area contributed by atoms with Gasteiger partial charge < -0.3 is 10.8 Å². The highest BCUT2D eigenvalue weighted by molar-refractivity contribution is 5.88. The molecule has 1 aromatic heterocycles. The van der Waals surface area contributed by atoms with Crippen LogP contribution in [0.3, 0.4) is 0 Å². The first kappa shape index (κ1) is 12.4. The van der Waals surface area contributed by atoms with Crippen LogP contribution in [0, 0.1) is 0 Å². The molecule has 0 unspecified atom stereocenters. The van der Waals surface area contributed by atoms with Crippen molar-refractivity contribution in [2.24, 2.45) is 0 Å². The molecule has 0 aliphatic carbocycles. The zero-order valence-corrected chi connectivity index (χ0v) is 9.98. The number of aromatic carboxylic acids is 1. The van der Waals surface area contributed by atoms with Crippen molar-refractivity contribution in [2.75, 3.05) is 5.73 Å². The topological polar surface area (TPSA) is 89.1 Å². The van der Waals surface area contributed by atoms with Crippen molar-refractivity contribution in [1.29, 1.82) is 0 Å². The Kier molecular flexibility index (Phi) is 3.47. The molecule has 0 radical (unpaired) electrons. The number of nitrogen functional groups attached to an aromatic ring is 1. The van der Waals surface area contributed by atoms with Gasteiger partial charge in [0.05, 0.1) is 0 Å². The van der Waals surface area contributed by atoms with Crippen molar-refractivity contribution in [2.45, 2.75) is 39.5 Å². The van der Waals surface area contributed by atoms with Crippen LogP contribution < -0.4 is 5.73 Å². The molecule has 0 aliphatic rings. The number of carboxylic acid groups (broad SMARTS) is 1. The molecule has 88 valence electrons. The Morgan fingerprint density at radius 1 is 1.19 bits per heavy atom. The third-order valence-corrected chi connectivity index (χ3v) is 2.29. The van der Waals surface area contributed by atoms with Gasteiger partial charge in [-0.3, -0.25) is 0 Å². The summed E-state index contributed by atoms with van der Waals surface area (Å²) in [5, 5.41) is 9.10. The van der Waals surface area contributed by atoms with Crippen LogP contribution in [0.2, 0.25) is 0 Å². The van der Waals surface area contributed by atoms with Crippen LogP contribution in [0.5, 0.6) is 0 Å². The summed E-state index contributed by atoms with van der Waals surface area (Å²) < 4.78 is 0. The van der Waals surface area contributed by atoms with Gasteiger partial charge in [0.25, 0.3) is 0 Å². The van der Waals surface area contributed by atoms with Crippen LogP contribution in [0.4, 0.5) is 5.82 Å². The molecule has 0 aromatic carbocycles. The maximum atomic E-state index is 11.1. The molecule has 16 heavy (non-hydrogen) atoms. The quantitative estimate of drug-likeness (QED) is 0.818. The van der Waals surface area contributed by atoms with Gasteiger partial charge in [-0.05, 0) is 5.92 Å². The lowest BCUT2D eigenvalue weighted by Crippen LogP contribution is -2.15. The molecular weight excluding hydrogens is 206 g/mol. The van der Waals surface area contributed by atoms with Crippen molar-refractivity contribution in [1.82, 2.24) is 9.97 Å². The molecule has 5 nitrogen and oxygen atoms in total. The van der Waals surface area contributed by atoms with Gasteiger partial charge in [-0.1, -0.05) is 27.7 Å². The van der Waals surface area contributed by atoms with E-state index in [-0.39, 0.29) is 23.3 Å². The lowest BCUT2D eigenvalue weighted by atomic mass is 10.0. The molecule has 0 saturated heterocycles. The summed E-state index contributed by atoms with van der Waals surface area (Å²) in [7, 11) is 0. The van der Waals surface area contributed by atoms with Crippen LogP contribution in [-0.4, -0.2) is 21.0 Å². The maximum Gasteiger partial charge on any atom is 0.355 e. The van der Waals surface area contributed by atoms with Crippen LogP contribution in [0.25, 0.3) is 0 Å². The second-order valence-electron chi connectivity index (χ2n) is 4.34. The van der Waals surface area contributed by atoms with Crippen LogP contribution in [-0.2, 0) is 0 Å². The van der Waals surface area contributed by atoms with E-state index < -0.39 is 5.97 Å². The van der Waals surface area contributed by atoms with Gasteiger partial charge in [0.1, 0.15) is 11.6 Å². The number of hydrogen-bond acceptors (Lipinski definition) is 4. The molecule has 3 N–H and O–H groups in total. The number of nitrogens with zero attached hydrogens (tertiary/aromatic N) is 2. The van der Waals surface area contributed by atoms with Gasteiger partial charge in [-0.2, -0.15) is 0 Å². The molecule has 1 heterocycles. The fraction of sp³-hybridized carbons (Fsp3) is 0.545. The zero-order chi connectivity index (χ0) is 12.5. The number of rotatable bonds is 3. The molecule has 0 bridgehead atoms. The number of hydrogen-bond donors (Lipinski definition) is 2. The number of carbonyl (C=O) groups is 1. The van der Waals surface area contributed by atoms with Crippen molar-refractivity contribution >= 4 is 11.8 Å². The Hall–Kier alpha value is -1.65. The SMILES string of the molecule is CC(C)c1nc(N)c(C(C)C)c(C(=O)O)n1. The van der Waals surface area contributed by atoms with E-state index >= 15 is 0 Å². The van der Waals surface area contributed by atoms with Crippen LogP contribution in [0.15, 0.2) is 0 Å². The van der Waals surface area contributed by atoms with E-state index in [2.05, 4.69) is 9.97 Å². The Balaban J connectivity index is 3.45. The average molecular weight is 223 g/mol. The molecule has 0 aliphatic heterocycles. The molecule has 5 heteroatoms. The van der Waals surface area contributed by atoms with Gasteiger partial charge in [0.15, 0.2) is 5.69 Å². The average Bonchev–Trinajstić information content (AvgIpc) is 2.15. The number of anilines is 1. The van der Waals surface area contributed by atoms with E-state index in [1.807, 2.05) is 27.7 Å². The van der Waals surface area contributed by atoms with Gasteiger partial charge in [0.2, 0.25) is 0 Å². The predicted octanol–water partition coefficient (Wildman–Crippen LogP) is 2.00. The van der Waals surface area contributed by atoms with Crippen molar-refractivity contribution in [3.63, 3.8) is 0 Å². The van der Waals surface area contributed by atoms with E-state index in [0.29, 0.717) is 11.4 Å². The zero-order valence-electron chi connectivity index (χ0n) is 9.98. The normalized spacial score (nSPS) is 11.1. The van der Waals surface area contributed by atoms with Crippen molar-refractivity contribution in [3.05, 3.63) is 17.1 Å². The van der Waals surface area contributed by atoms with E-state index in [1.54, 1.807) is 0 Å². The third-order valence-electron chi connectivity index (χ3n) is 2.29. The molecule has 0 spiro atoms. The molecule has 0 atom stereocenters. The Bertz CT molecular complexity index is 414. The monoisotopic (exact) mass is 223 g/mol. The first-order valence-corrected chi connectivity index (χ1v) is 5.25. The summed E-state index contributed by atoms with van der Waals surface area (Å²) in [6, 6.07) is 0. The summed E-state index contributed by atoms with van der Waals surface area (Å²) in [4.78, 5) is 19.3. The molecular formula is C11H17N3O2. The molecule has 0 fully saturated rings. The lowest BCUT2D eigenvalue weighted by Gasteiger charge is -2.14. The minimum absolute atomic E-state index is 0.00712. The third kappa shape index (κ3) is 2.29. The summed E-state index contributed by atoms with van der Waals surface area (Å²) in [6.07, 6.45) is 0. The minimum atomic E-state index is -1.06. The molecule has 1 aromatic rings. The summed E-state index contributed by atoms with van der Waals surface area (Å²) in [5.74, 6) is -0.265. The van der Waals surface area contributed by atoms with Gasteiger partial charge in [-0.15, -0.1) is 0 Å². The number of nitrogens with two attached hydrogens (primary N) is 1. The van der Waals surface area contributed by atoms with E-state index in [4.69, 9.17) is 10.8 Å². The van der Waals surface area contributed by atoms with Gasteiger partial charge >= 0.3 is 5.97 Å². The number of aromatic nitrogens is 2. The fourth-order valence-electron chi connectivity index (χ4n) is 1.50. The summed E-state index contributed by atoms with van der Waals surface area (Å²) in [6.45, 7) is 7.54. The smallest absolute Gasteiger partial charge is 0.355 e. The Morgan fingerprint density at radius 3 is 2.12 bits per heavy atom. The highest BCUT2D eigenvalue weighted by Gasteiger charge is 2.21. The van der Waals surface area contributed by atoms with Gasteiger partial charge in [-0.25, -0.2) is 14.8 Å². The highest BCUT2D eigenvalue weighted by atomic mass is 16.4. The molecule has 0 saturated carbocycles. The molecule has 1 rings (SSSR count). The number of carboxylic acids is 1. The largest absolute Gasteiger partial charge is 0.476 e. The second-order valence-corrected chi connectivity index (χ2v) is 4.34. The van der Waals surface area contributed by atoms with Gasteiger partial charge in [0, 0.05) is 11.5 Å². The van der Waals surface area contributed by atoms with Crippen molar-refractivity contribution < 1.29 is 9.90 Å². The Morgan fingerprint density at radius 2 is 1.75 bits per heavy atom. The van der Waals surface area contributed by atoms with Crippen LogP contribution >= 0.6 is 0 Å².